The van der Waals surface area contributed by atoms with Gasteiger partial charge in [-0.05, 0) is 70.8 Å². The monoisotopic (exact) mass is 1450 g/mol. The predicted octanol–water partition coefficient (Wildman–Crippen LogP) is 10.7. The van der Waals surface area contributed by atoms with Crippen molar-refractivity contribution in [2.45, 2.75) is 0 Å². The number of amides is 4. The van der Waals surface area contributed by atoms with E-state index in [1.54, 1.807) is 0 Å². The van der Waals surface area contributed by atoms with Gasteiger partial charge in [-0.1, -0.05) is 146 Å². The van der Waals surface area contributed by atoms with Crippen LogP contribution in [-0.2, 0) is 37.9 Å². The van der Waals surface area contributed by atoms with Crippen LogP contribution in [0.25, 0.3) is 133 Å². The molecule has 0 saturated carbocycles. The lowest BCUT2D eigenvalue weighted by molar-refractivity contribution is 0.0506. The first-order chi connectivity index (χ1) is 53.2. The number of benzene rings is 8. The molecule has 0 unspecified atom stereocenters. The topological polar surface area (TPSA) is 352 Å². The molecule has 24 heteroatoms. The van der Waals surface area contributed by atoms with Gasteiger partial charge in [-0.15, -0.1) is 0 Å². The Kier molecular flexibility index (Phi) is 25.6. The molecular formula is C84H86N12O12. The highest BCUT2D eigenvalue weighted by atomic mass is 16.5. The van der Waals surface area contributed by atoms with Crippen LogP contribution in [0.3, 0.4) is 0 Å². The van der Waals surface area contributed by atoms with Crippen LogP contribution in [0.2, 0.25) is 0 Å². The summed E-state index contributed by atoms with van der Waals surface area (Å²) < 4.78 is 43.6. The lowest BCUT2D eigenvalue weighted by atomic mass is 9.93. The van der Waals surface area contributed by atoms with Crippen molar-refractivity contribution >= 4 is 67.2 Å². The van der Waals surface area contributed by atoms with E-state index in [9.17, 15) is 19.2 Å². The molecule has 4 heterocycles. The zero-order valence-corrected chi connectivity index (χ0v) is 59.7. The number of nitrogens with one attached hydrogen (secondary N) is 6. The first-order valence-electron chi connectivity index (χ1n) is 36.0. The Morgan fingerprint density at radius 2 is 0.472 bits per heavy atom. The number of nitrogens with two attached hydrogens (primary N) is 4. The summed E-state index contributed by atoms with van der Waals surface area (Å²) in [5, 5.41) is 15.4. The molecule has 10 aromatic rings. The van der Waals surface area contributed by atoms with E-state index < -0.39 is 0 Å². The number of aromatic nitrogens is 4. The van der Waals surface area contributed by atoms with Crippen LogP contribution in [0.1, 0.15) is 41.4 Å². The van der Waals surface area contributed by atoms with Crippen molar-refractivity contribution in [2.75, 3.05) is 132 Å². The largest absolute Gasteiger partial charge is 0.377 e. The predicted molar refractivity (Wildman–Crippen MR) is 419 cm³/mol. The SMILES string of the molecule is NCOCCOCCNC(=O)c1ccc(-c2c3nc(c(-c4ccc(C(=O)NCCOCCOCN)cc4)c4[nH]c(c(-c5ccc(C(=O)NCCOCCOCN)cc5)c5nc(c(-c6ccc(C(=O)NCCOCCOCN)cc6)c6[nH]c2c2ccccc62)-c2ccccc2-5)c2ccccc42)-c2ccccc2-3)cc1. The van der Waals surface area contributed by atoms with Gasteiger partial charge in [0.1, 0.15) is 0 Å². The molecule has 0 fully saturated rings. The fourth-order valence-electron chi connectivity index (χ4n) is 13.5. The number of ether oxygens (including phenoxy) is 8. The second kappa shape index (κ2) is 36.9. The number of rotatable bonds is 36. The molecule has 0 atom stereocenters. The zero-order chi connectivity index (χ0) is 74.6. The molecule has 2 aromatic heterocycles. The smallest absolute Gasteiger partial charge is 0.251 e. The molecule has 0 saturated heterocycles. The maximum Gasteiger partial charge on any atom is 0.251 e. The van der Waals surface area contributed by atoms with Crippen LogP contribution in [0, 0.1) is 0 Å². The molecule has 0 radical (unpaired) electrons. The van der Waals surface area contributed by atoms with Gasteiger partial charge in [0.05, 0.1) is 151 Å². The molecule has 4 amide bonds. The van der Waals surface area contributed by atoms with E-state index in [0.717, 1.165) is 110 Å². The number of hydrogen-bond donors (Lipinski definition) is 10. The van der Waals surface area contributed by atoms with Crippen molar-refractivity contribution in [3.63, 3.8) is 0 Å². The normalized spacial score (nSPS) is 11.6. The molecule has 14 N–H and O–H groups in total. The lowest BCUT2D eigenvalue weighted by Crippen LogP contribution is -2.27. The van der Waals surface area contributed by atoms with Gasteiger partial charge in [-0.3, -0.25) is 19.2 Å². The summed E-state index contributed by atoms with van der Waals surface area (Å²) >= 11 is 0. The number of H-pyrrole nitrogens is 2. The van der Waals surface area contributed by atoms with Crippen LogP contribution >= 0.6 is 0 Å². The maximum atomic E-state index is 14.0. The Hall–Kier alpha value is -11.2. The van der Waals surface area contributed by atoms with Crippen molar-refractivity contribution in [1.29, 1.82) is 0 Å². The number of hydrogen-bond acceptors (Lipinski definition) is 18. The Bertz CT molecular complexity index is 4540. The van der Waals surface area contributed by atoms with Gasteiger partial charge in [0.2, 0.25) is 0 Å². The molecule has 24 nitrogen and oxygen atoms in total. The highest BCUT2D eigenvalue weighted by Crippen LogP contribution is 2.52. The highest BCUT2D eigenvalue weighted by Gasteiger charge is 2.31. The molecule has 554 valence electrons. The van der Waals surface area contributed by atoms with Crippen LogP contribution in [0.15, 0.2) is 194 Å². The molecule has 8 aromatic carbocycles. The van der Waals surface area contributed by atoms with Crippen LogP contribution < -0.4 is 44.2 Å². The third-order valence-electron chi connectivity index (χ3n) is 18.5. The number of carbonyl (C=O) groups excluding carboxylic acids is 4. The van der Waals surface area contributed by atoms with E-state index in [1.165, 1.54) is 0 Å². The fourth-order valence-corrected chi connectivity index (χ4v) is 13.5. The van der Waals surface area contributed by atoms with Crippen LogP contribution in [0.4, 0.5) is 0 Å². The molecule has 1 aliphatic carbocycles. The summed E-state index contributed by atoms with van der Waals surface area (Å²) in [4.78, 5) is 76.1. The molecule has 0 spiro atoms. The Balaban J connectivity index is 1.09. The summed E-state index contributed by atoms with van der Waals surface area (Å²) in [6.07, 6.45) is 0. The first-order valence-corrected chi connectivity index (χ1v) is 36.0. The van der Waals surface area contributed by atoms with Crippen molar-refractivity contribution in [2.24, 2.45) is 22.9 Å². The van der Waals surface area contributed by atoms with Crippen LogP contribution in [0.5, 0.6) is 0 Å². The second-order valence-electron chi connectivity index (χ2n) is 25.1. The van der Waals surface area contributed by atoms with Gasteiger partial charge < -0.3 is 92.1 Å². The van der Waals surface area contributed by atoms with Gasteiger partial charge in [-0.2, -0.15) is 0 Å². The summed E-state index contributed by atoms with van der Waals surface area (Å²) in [6, 6.07) is 62.9. The highest BCUT2D eigenvalue weighted by molar-refractivity contribution is 6.22. The summed E-state index contributed by atoms with van der Waals surface area (Å²) in [5.41, 5.74) is 38.3. The standard InChI is InChI=1S/C84H86N12O12/c85-49-105-45-41-101-37-33-89-81(97)57-25-17-53(18-26-57)69-73-61-9-1-2-10-62(61)74(93-73)70(54-19-27-58(28-20-54)82(98)90-34-38-102-42-46-106-50-86)76-65-13-5-6-14-66(65)78(95-76)72(56-23-31-60(32-24-56)84(100)92-36-40-104-44-48-108-52-88)80-68-16-8-7-15-67(68)79(96-80)71(77-64-12-4-3-11-63(64)75(69)94-77)55-21-29-59(30-22-55)83(99)91-35-39-103-43-47-107-51-87/h1-32,93,96H,33-52,85-88H2,(H,89,97)(H,90,98)(H,91,99)(H,92,100). The number of aromatic amines is 2. The minimum absolute atomic E-state index is 0.0898. The Morgan fingerprint density at radius 3 is 0.685 bits per heavy atom. The number of carbonyl (C=O) groups is 4. The average molecular weight is 1460 g/mol. The fraction of sp³-hybridized carbons (Fsp3) is 0.238. The molecule has 3 aliphatic rings. The minimum Gasteiger partial charge on any atom is -0.377 e. The van der Waals surface area contributed by atoms with Gasteiger partial charge in [0.15, 0.2) is 0 Å². The third kappa shape index (κ3) is 17.1. The van der Waals surface area contributed by atoms with E-state index in [-0.39, 0.29) is 103 Å². The molecule has 108 heavy (non-hydrogen) atoms. The Morgan fingerprint density at radius 1 is 0.269 bits per heavy atom. The summed E-state index contributed by atoms with van der Waals surface area (Å²) in [5.74, 6) is -1.13. The lowest BCUT2D eigenvalue weighted by Gasteiger charge is -2.10. The molecule has 8 bridgehead atoms. The first kappa shape index (κ1) is 75.0. The van der Waals surface area contributed by atoms with E-state index >= 15 is 0 Å². The average Bonchev–Trinajstić information content (AvgIpc) is 1.56. The van der Waals surface area contributed by atoms with Crippen molar-refractivity contribution in [3.05, 3.63) is 216 Å². The van der Waals surface area contributed by atoms with Gasteiger partial charge >= 0.3 is 0 Å². The quantitative estimate of drug-likeness (QED) is 0.0129. The van der Waals surface area contributed by atoms with Crippen molar-refractivity contribution in [3.8, 4) is 89.5 Å². The van der Waals surface area contributed by atoms with E-state index in [4.69, 9.17) is 70.8 Å². The molecule has 13 rings (SSSR count). The zero-order valence-electron chi connectivity index (χ0n) is 59.7. The Labute approximate surface area is 623 Å². The third-order valence-corrected chi connectivity index (χ3v) is 18.5. The van der Waals surface area contributed by atoms with Crippen LogP contribution in [-0.4, -0.2) is 176 Å². The molecule has 2 aliphatic heterocycles. The van der Waals surface area contributed by atoms with Crippen molar-refractivity contribution < 1.29 is 57.1 Å². The summed E-state index contributed by atoms with van der Waals surface area (Å²) in [6.45, 7) is 5.21. The van der Waals surface area contributed by atoms with E-state index in [0.29, 0.717) is 97.9 Å². The summed E-state index contributed by atoms with van der Waals surface area (Å²) in [7, 11) is 0. The van der Waals surface area contributed by atoms with Gasteiger partial charge in [0.25, 0.3) is 23.6 Å². The second-order valence-corrected chi connectivity index (χ2v) is 25.1. The minimum atomic E-state index is -0.281. The van der Waals surface area contributed by atoms with E-state index in [2.05, 4.69) is 79.8 Å². The van der Waals surface area contributed by atoms with Crippen molar-refractivity contribution in [1.82, 2.24) is 41.2 Å². The van der Waals surface area contributed by atoms with E-state index in [1.807, 2.05) is 146 Å². The molecular weight excluding hydrogens is 1370 g/mol. The van der Waals surface area contributed by atoms with Gasteiger partial charge in [0, 0.05) is 114 Å². The van der Waals surface area contributed by atoms with Gasteiger partial charge in [-0.25, -0.2) is 9.97 Å². The number of nitrogens with zero attached hydrogens (tertiary/aromatic N) is 2. The maximum absolute atomic E-state index is 14.0.